The Morgan fingerprint density at radius 1 is 1.16 bits per heavy atom. The standard InChI is InChI=1S/C16H9ClF2N4O2/c17-10-1-2-11(18)14(19)13(10)15(24)8-3-12(22-4-8)16(25)23-9-5-20-7-21-6-9/h1-7,22H,(H,23,25). The van der Waals surface area contributed by atoms with Crippen LogP contribution in [0.15, 0.2) is 43.1 Å². The van der Waals surface area contributed by atoms with Gasteiger partial charge in [0.25, 0.3) is 5.91 Å². The van der Waals surface area contributed by atoms with Crippen LogP contribution in [0.5, 0.6) is 0 Å². The number of anilines is 1. The molecule has 0 fully saturated rings. The van der Waals surface area contributed by atoms with Gasteiger partial charge in [-0.1, -0.05) is 11.6 Å². The lowest BCUT2D eigenvalue weighted by atomic mass is 10.0. The molecule has 3 rings (SSSR count). The van der Waals surface area contributed by atoms with Gasteiger partial charge in [0.05, 0.1) is 28.7 Å². The number of aromatic amines is 1. The Labute approximate surface area is 144 Å². The SMILES string of the molecule is O=C(Nc1cncnc1)c1cc(C(=O)c2c(Cl)ccc(F)c2F)c[nH]1. The summed E-state index contributed by atoms with van der Waals surface area (Å²) in [4.78, 5) is 34.6. The molecule has 0 atom stereocenters. The second-order valence-corrected chi connectivity index (χ2v) is 5.34. The minimum atomic E-state index is -1.34. The highest BCUT2D eigenvalue weighted by molar-refractivity contribution is 6.35. The largest absolute Gasteiger partial charge is 0.356 e. The molecule has 0 aliphatic rings. The monoisotopic (exact) mass is 362 g/mol. The highest BCUT2D eigenvalue weighted by Gasteiger charge is 2.22. The van der Waals surface area contributed by atoms with Crippen molar-refractivity contribution in [3.8, 4) is 0 Å². The second kappa shape index (κ2) is 6.78. The van der Waals surface area contributed by atoms with Gasteiger partial charge in [-0.25, -0.2) is 18.7 Å². The van der Waals surface area contributed by atoms with Gasteiger partial charge in [-0.05, 0) is 18.2 Å². The first-order chi connectivity index (χ1) is 12.0. The molecule has 2 aromatic heterocycles. The topological polar surface area (TPSA) is 87.7 Å². The zero-order chi connectivity index (χ0) is 18.0. The van der Waals surface area contributed by atoms with Gasteiger partial charge < -0.3 is 10.3 Å². The molecule has 2 N–H and O–H groups in total. The van der Waals surface area contributed by atoms with Crippen molar-refractivity contribution in [2.24, 2.45) is 0 Å². The molecule has 0 unspecified atom stereocenters. The van der Waals surface area contributed by atoms with E-state index in [-0.39, 0.29) is 16.3 Å². The number of amides is 1. The number of rotatable bonds is 4. The average Bonchev–Trinajstić information content (AvgIpc) is 3.09. The normalized spacial score (nSPS) is 10.5. The third-order valence-electron chi connectivity index (χ3n) is 3.28. The first-order valence-electron chi connectivity index (χ1n) is 6.90. The zero-order valence-corrected chi connectivity index (χ0v) is 13.1. The van der Waals surface area contributed by atoms with Crippen molar-refractivity contribution in [1.29, 1.82) is 0 Å². The van der Waals surface area contributed by atoms with Crippen LogP contribution >= 0.6 is 11.6 Å². The predicted molar refractivity (Wildman–Crippen MR) is 85.6 cm³/mol. The number of hydrogen-bond acceptors (Lipinski definition) is 4. The molecule has 0 saturated heterocycles. The van der Waals surface area contributed by atoms with E-state index in [0.29, 0.717) is 5.69 Å². The number of ketones is 1. The number of hydrogen-bond donors (Lipinski definition) is 2. The number of carbonyl (C=O) groups excluding carboxylic acids is 2. The van der Waals surface area contributed by atoms with E-state index >= 15 is 0 Å². The molecule has 0 radical (unpaired) electrons. The van der Waals surface area contributed by atoms with E-state index in [1.165, 1.54) is 31.0 Å². The van der Waals surface area contributed by atoms with Gasteiger partial charge in [-0.15, -0.1) is 0 Å². The van der Waals surface area contributed by atoms with Crippen molar-refractivity contribution in [3.05, 3.63) is 76.6 Å². The van der Waals surface area contributed by atoms with Gasteiger partial charge >= 0.3 is 0 Å². The minimum absolute atomic E-state index is 0.0409. The lowest BCUT2D eigenvalue weighted by molar-refractivity contribution is 0.102. The molecule has 3 aromatic rings. The molecule has 25 heavy (non-hydrogen) atoms. The van der Waals surface area contributed by atoms with Crippen LogP contribution in [0.2, 0.25) is 5.02 Å². The molecule has 6 nitrogen and oxygen atoms in total. The van der Waals surface area contributed by atoms with Crippen molar-refractivity contribution in [2.45, 2.75) is 0 Å². The van der Waals surface area contributed by atoms with E-state index < -0.39 is 28.9 Å². The number of carbonyl (C=O) groups is 2. The number of H-pyrrole nitrogens is 1. The molecular weight excluding hydrogens is 354 g/mol. The Balaban J connectivity index is 1.85. The van der Waals surface area contributed by atoms with Gasteiger partial charge in [-0.2, -0.15) is 0 Å². The number of benzene rings is 1. The van der Waals surface area contributed by atoms with Crippen molar-refractivity contribution in [3.63, 3.8) is 0 Å². The Hall–Kier alpha value is -3.13. The van der Waals surface area contributed by atoms with Crippen LogP contribution in [0.4, 0.5) is 14.5 Å². The molecule has 2 heterocycles. The zero-order valence-electron chi connectivity index (χ0n) is 12.4. The van der Waals surface area contributed by atoms with Crippen LogP contribution in [0.25, 0.3) is 0 Å². The summed E-state index contributed by atoms with van der Waals surface area (Å²) in [6.07, 6.45) is 5.29. The van der Waals surface area contributed by atoms with Crippen LogP contribution in [0.3, 0.4) is 0 Å². The maximum absolute atomic E-state index is 13.9. The fourth-order valence-corrected chi connectivity index (χ4v) is 2.33. The summed E-state index contributed by atoms with van der Waals surface area (Å²) in [5.41, 5.74) is -0.237. The molecule has 9 heteroatoms. The van der Waals surface area contributed by atoms with Gasteiger partial charge in [0.2, 0.25) is 0 Å². The fourth-order valence-electron chi connectivity index (χ4n) is 2.10. The van der Waals surface area contributed by atoms with Crippen LogP contribution in [0, 0.1) is 11.6 Å². The summed E-state index contributed by atoms with van der Waals surface area (Å²) in [5, 5.41) is 2.29. The van der Waals surface area contributed by atoms with Crippen LogP contribution in [-0.4, -0.2) is 26.6 Å². The molecule has 0 spiro atoms. The third kappa shape index (κ3) is 3.38. The summed E-state index contributed by atoms with van der Waals surface area (Å²) < 4.78 is 27.2. The summed E-state index contributed by atoms with van der Waals surface area (Å²) >= 11 is 5.79. The highest BCUT2D eigenvalue weighted by atomic mass is 35.5. The van der Waals surface area contributed by atoms with E-state index in [2.05, 4.69) is 20.3 Å². The van der Waals surface area contributed by atoms with Crippen molar-refractivity contribution in [2.75, 3.05) is 5.32 Å². The van der Waals surface area contributed by atoms with E-state index in [1.54, 1.807) is 0 Å². The quantitative estimate of drug-likeness (QED) is 0.551. The first-order valence-corrected chi connectivity index (χ1v) is 7.28. The Morgan fingerprint density at radius 3 is 2.60 bits per heavy atom. The van der Waals surface area contributed by atoms with Crippen molar-refractivity contribution >= 4 is 29.0 Å². The lowest BCUT2D eigenvalue weighted by Crippen LogP contribution is -2.12. The minimum Gasteiger partial charge on any atom is -0.356 e. The van der Waals surface area contributed by atoms with Crippen molar-refractivity contribution in [1.82, 2.24) is 15.0 Å². The van der Waals surface area contributed by atoms with E-state index in [4.69, 9.17) is 11.6 Å². The second-order valence-electron chi connectivity index (χ2n) is 4.93. The van der Waals surface area contributed by atoms with Gasteiger partial charge in [0.15, 0.2) is 17.4 Å². The van der Waals surface area contributed by atoms with E-state index in [9.17, 15) is 18.4 Å². The van der Waals surface area contributed by atoms with E-state index in [1.807, 2.05) is 0 Å². The predicted octanol–water partition coefficient (Wildman–Crippen LogP) is 3.22. The Bertz CT molecular complexity index is 960. The van der Waals surface area contributed by atoms with Gasteiger partial charge in [0.1, 0.15) is 12.0 Å². The fraction of sp³-hybridized carbons (Fsp3) is 0. The number of nitrogens with zero attached hydrogens (tertiary/aromatic N) is 2. The molecular formula is C16H9ClF2N4O2. The van der Waals surface area contributed by atoms with Crippen LogP contribution < -0.4 is 5.32 Å². The molecule has 0 saturated carbocycles. The smallest absolute Gasteiger partial charge is 0.272 e. The lowest BCUT2D eigenvalue weighted by Gasteiger charge is -2.04. The molecule has 1 aromatic carbocycles. The van der Waals surface area contributed by atoms with Crippen LogP contribution in [0.1, 0.15) is 26.4 Å². The Morgan fingerprint density at radius 2 is 1.88 bits per heavy atom. The third-order valence-corrected chi connectivity index (χ3v) is 3.59. The molecule has 0 bridgehead atoms. The van der Waals surface area contributed by atoms with Gasteiger partial charge in [0, 0.05) is 11.8 Å². The van der Waals surface area contributed by atoms with Crippen molar-refractivity contribution < 1.29 is 18.4 Å². The van der Waals surface area contributed by atoms with Crippen LogP contribution in [-0.2, 0) is 0 Å². The summed E-state index contributed by atoms with van der Waals surface area (Å²) in [7, 11) is 0. The average molecular weight is 363 g/mol. The first kappa shape index (κ1) is 16.7. The number of aromatic nitrogens is 3. The molecule has 0 aliphatic carbocycles. The number of halogens is 3. The summed E-state index contributed by atoms with van der Waals surface area (Å²) in [6, 6.07) is 3.12. The number of nitrogens with one attached hydrogen (secondary N) is 2. The Kier molecular flexibility index (Phi) is 4.53. The van der Waals surface area contributed by atoms with Gasteiger partial charge in [-0.3, -0.25) is 9.59 Å². The molecule has 126 valence electrons. The molecule has 0 aliphatic heterocycles. The molecule has 1 amide bonds. The van der Waals surface area contributed by atoms with E-state index in [0.717, 1.165) is 12.1 Å². The summed E-state index contributed by atoms with van der Waals surface area (Å²) in [6.45, 7) is 0. The maximum atomic E-state index is 13.9. The highest BCUT2D eigenvalue weighted by Crippen LogP contribution is 2.25. The summed E-state index contributed by atoms with van der Waals surface area (Å²) in [5.74, 6) is -3.93. The maximum Gasteiger partial charge on any atom is 0.272 e.